The van der Waals surface area contributed by atoms with Crippen LogP contribution in [0.1, 0.15) is 32.6 Å². The fourth-order valence-electron chi connectivity index (χ4n) is 1.77. The van der Waals surface area contributed by atoms with E-state index in [4.69, 9.17) is 5.73 Å². The van der Waals surface area contributed by atoms with Gasteiger partial charge in [0.05, 0.1) is 0 Å². The van der Waals surface area contributed by atoms with Crippen molar-refractivity contribution in [3.05, 3.63) is 10.7 Å². The number of hydrogen-bond acceptors (Lipinski definition) is 4. The van der Waals surface area contributed by atoms with Crippen LogP contribution in [0.15, 0.2) is 10.7 Å². The number of nitrogens with zero attached hydrogens (tertiary/aromatic N) is 2. The molecule has 0 spiro atoms. The summed E-state index contributed by atoms with van der Waals surface area (Å²) in [6.07, 6.45) is 5.05. The SMILES string of the molecule is CCC(CC1CC1)Nc1nc(N)cc(Br)n1. The maximum absolute atomic E-state index is 5.67. The highest BCUT2D eigenvalue weighted by atomic mass is 79.9. The lowest BCUT2D eigenvalue weighted by molar-refractivity contribution is 0.583. The first-order chi connectivity index (χ1) is 7.67. The molecule has 1 heterocycles. The summed E-state index contributed by atoms with van der Waals surface area (Å²) in [6.45, 7) is 2.18. The highest BCUT2D eigenvalue weighted by Gasteiger charge is 2.25. The molecule has 1 aliphatic rings. The van der Waals surface area contributed by atoms with Gasteiger partial charge >= 0.3 is 0 Å². The normalized spacial score (nSPS) is 17.1. The topological polar surface area (TPSA) is 63.8 Å². The molecule has 2 rings (SSSR count). The van der Waals surface area contributed by atoms with Gasteiger partial charge in [0.25, 0.3) is 0 Å². The molecule has 1 atom stereocenters. The van der Waals surface area contributed by atoms with Crippen molar-refractivity contribution in [3.8, 4) is 0 Å². The molecule has 1 unspecified atom stereocenters. The summed E-state index contributed by atoms with van der Waals surface area (Å²) in [7, 11) is 0. The first-order valence-corrected chi connectivity index (χ1v) is 6.53. The Hall–Kier alpha value is -0.840. The number of anilines is 2. The van der Waals surface area contributed by atoms with Gasteiger partial charge in [0.15, 0.2) is 0 Å². The van der Waals surface area contributed by atoms with E-state index in [1.54, 1.807) is 6.07 Å². The lowest BCUT2D eigenvalue weighted by Gasteiger charge is -2.16. The number of hydrogen-bond donors (Lipinski definition) is 2. The van der Waals surface area contributed by atoms with Gasteiger partial charge in [-0.3, -0.25) is 0 Å². The minimum absolute atomic E-state index is 0.459. The van der Waals surface area contributed by atoms with Gasteiger partial charge in [-0.25, -0.2) is 4.98 Å². The summed E-state index contributed by atoms with van der Waals surface area (Å²) in [5, 5.41) is 3.35. The first-order valence-electron chi connectivity index (χ1n) is 5.74. The lowest BCUT2D eigenvalue weighted by Crippen LogP contribution is -2.21. The van der Waals surface area contributed by atoms with Gasteiger partial charge in [0.1, 0.15) is 10.4 Å². The molecule has 1 saturated carbocycles. The van der Waals surface area contributed by atoms with E-state index >= 15 is 0 Å². The Balaban J connectivity index is 1.99. The molecule has 1 aliphatic carbocycles. The van der Waals surface area contributed by atoms with Crippen LogP contribution in [0, 0.1) is 5.92 Å². The van der Waals surface area contributed by atoms with Crippen molar-refractivity contribution in [3.63, 3.8) is 0 Å². The lowest BCUT2D eigenvalue weighted by atomic mass is 10.1. The second kappa shape index (κ2) is 4.99. The molecule has 0 saturated heterocycles. The van der Waals surface area contributed by atoms with E-state index in [-0.39, 0.29) is 0 Å². The fraction of sp³-hybridized carbons (Fsp3) is 0.636. The molecule has 5 heteroatoms. The van der Waals surface area contributed by atoms with Gasteiger partial charge in [0, 0.05) is 12.1 Å². The molecular weight excluding hydrogens is 268 g/mol. The smallest absolute Gasteiger partial charge is 0.225 e. The Labute approximate surface area is 104 Å². The molecule has 88 valence electrons. The third-order valence-corrected chi connectivity index (χ3v) is 3.26. The quantitative estimate of drug-likeness (QED) is 0.816. The molecule has 4 nitrogen and oxygen atoms in total. The van der Waals surface area contributed by atoms with Gasteiger partial charge in [-0.1, -0.05) is 19.8 Å². The van der Waals surface area contributed by atoms with E-state index in [1.807, 2.05) is 0 Å². The molecule has 0 bridgehead atoms. The second-order valence-corrected chi connectivity index (χ2v) is 5.18. The maximum atomic E-state index is 5.67. The minimum Gasteiger partial charge on any atom is -0.383 e. The Bertz CT molecular complexity index is 345. The standard InChI is InChI=1S/C11H17BrN4/c1-2-8(5-7-3-4-7)14-11-15-9(12)6-10(13)16-11/h6-8H,2-5H2,1H3,(H3,13,14,15,16). The minimum atomic E-state index is 0.459. The zero-order valence-electron chi connectivity index (χ0n) is 9.41. The Morgan fingerprint density at radius 2 is 2.31 bits per heavy atom. The van der Waals surface area contributed by atoms with Crippen molar-refractivity contribution in [2.24, 2.45) is 5.92 Å². The molecule has 0 amide bonds. The van der Waals surface area contributed by atoms with E-state index < -0.39 is 0 Å². The summed E-state index contributed by atoms with van der Waals surface area (Å²) in [5.41, 5.74) is 5.67. The summed E-state index contributed by atoms with van der Waals surface area (Å²) < 4.78 is 0.726. The average molecular weight is 285 g/mol. The van der Waals surface area contributed by atoms with E-state index in [0.29, 0.717) is 17.8 Å². The zero-order chi connectivity index (χ0) is 11.5. The summed E-state index contributed by atoms with van der Waals surface area (Å²) in [6, 6.07) is 2.16. The zero-order valence-corrected chi connectivity index (χ0v) is 11.0. The molecular formula is C11H17BrN4. The summed E-state index contributed by atoms with van der Waals surface area (Å²) in [5.74, 6) is 2.02. The van der Waals surface area contributed by atoms with Gasteiger partial charge in [0.2, 0.25) is 5.95 Å². The Morgan fingerprint density at radius 3 is 2.88 bits per heavy atom. The predicted molar refractivity (Wildman–Crippen MR) is 69.2 cm³/mol. The maximum Gasteiger partial charge on any atom is 0.225 e. The van der Waals surface area contributed by atoms with Crippen molar-refractivity contribution in [2.45, 2.75) is 38.6 Å². The van der Waals surface area contributed by atoms with Crippen LogP contribution in [-0.4, -0.2) is 16.0 Å². The molecule has 1 aromatic heterocycles. The van der Waals surface area contributed by atoms with Gasteiger partial charge in [-0.2, -0.15) is 4.98 Å². The number of halogens is 1. The number of nitrogen functional groups attached to an aromatic ring is 1. The molecule has 0 aliphatic heterocycles. The van der Waals surface area contributed by atoms with E-state index in [0.717, 1.165) is 16.9 Å². The first kappa shape index (κ1) is 11.6. The van der Waals surface area contributed by atoms with Crippen LogP contribution in [-0.2, 0) is 0 Å². The van der Waals surface area contributed by atoms with Crippen molar-refractivity contribution in [1.29, 1.82) is 0 Å². The summed E-state index contributed by atoms with van der Waals surface area (Å²) >= 11 is 3.32. The number of rotatable bonds is 5. The third kappa shape index (κ3) is 3.33. The van der Waals surface area contributed by atoms with Crippen molar-refractivity contribution in [2.75, 3.05) is 11.1 Å². The Morgan fingerprint density at radius 1 is 1.56 bits per heavy atom. The molecule has 16 heavy (non-hydrogen) atoms. The number of aromatic nitrogens is 2. The van der Waals surface area contributed by atoms with Crippen LogP contribution in [0.2, 0.25) is 0 Å². The van der Waals surface area contributed by atoms with E-state index in [2.05, 4.69) is 38.1 Å². The molecule has 1 fully saturated rings. The molecule has 0 radical (unpaired) electrons. The Kier molecular flexibility index (Phi) is 3.63. The number of nitrogens with two attached hydrogens (primary N) is 1. The van der Waals surface area contributed by atoms with Crippen molar-refractivity contribution >= 4 is 27.7 Å². The van der Waals surface area contributed by atoms with Crippen LogP contribution in [0.4, 0.5) is 11.8 Å². The monoisotopic (exact) mass is 284 g/mol. The van der Waals surface area contributed by atoms with Crippen LogP contribution < -0.4 is 11.1 Å². The molecule has 3 N–H and O–H groups in total. The largest absolute Gasteiger partial charge is 0.383 e. The van der Waals surface area contributed by atoms with Gasteiger partial charge in [-0.15, -0.1) is 0 Å². The van der Waals surface area contributed by atoms with Gasteiger partial charge < -0.3 is 11.1 Å². The highest BCUT2D eigenvalue weighted by Crippen LogP contribution is 2.34. The van der Waals surface area contributed by atoms with Crippen LogP contribution in [0.25, 0.3) is 0 Å². The van der Waals surface area contributed by atoms with Crippen LogP contribution in [0.3, 0.4) is 0 Å². The van der Waals surface area contributed by atoms with Gasteiger partial charge in [-0.05, 0) is 34.7 Å². The summed E-state index contributed by atoms with van der Waals surface area (Å²) in [4.78, 5) is 8.44. The van der Waals surface area contributed by atoms with E-state index in [1.165, 1.54) is 19.3 Å². The highest BCUT2D eigenvalue weighted by molar-refractivity contribution is 9.10. The van der Waals surface area contributed by atoms with Crippen LogP contribution in [0.5, 0.6) is 0 Å². The number of nitrogens with one attached hydrogen (secondary N) is 1. The van der Waals surface area contributed by atoms with Crippen LogP contribution >= 0.6 is 15.9 Å². The third-order valence-electron chi connectivity index (χ3n) is 2.86. The van der Waals surface area contributed by atoms with Crippen molar-refractivity contribution < 1.29 is 0 Å². The fourth-order valence-corrected chi connectivity index (χ4v) is 2.17. The predicted octanol–water partition coefficient (Wildman–Crippen LogP) is 2.81. The molecule has 1 aromatic rings. The second-order valence-electron chi connectivity index (χ2n) is 4.37. The molecule has 0 aromatic carbocycles. The van der Waals surface area contributed by atoms with Crippen molar-refractivity contribution in [1.82, 2.24) is 9.97 Å². The van der Waals surface area contributed by atoms with E-state index in [9.17, 15) is 0 Å². The average Bonchev–Trinajstić information content (AvgIpc) is 2.99.